The van der Waals surface area contributed by atoms with Crippen molar-refractivity contribution in [2.24, 2.45) is 5.92 Å². The molecule has 5 nitrogen and oxygen atoms in total. The Kier molecular flexibility index (Phi) is 4.01. The predicted octanol–water partition coefficient (Wildman–Crippen LogP) is 1.68. The Hall–Kier alpha value is -1.26. The maximum Gasteiger partial charge on any atom is 0.329 e. The van der Waals surface area contributed by atoms with Gasteiger partial charge in [0.2, 0.25) is 0 Å². The molecule has 0 spiro atoms. The summed E-state index contributed by atoms with van der Waals surface area (Å²) in [6.45, 7) is 5.01. The highest BCUT2D eigenvalue weighted by molar-refractivity contribution is 5.85. The molecule has 1 unspecified atom stereocenters. The summed E-state index contributed by atoms with van der Waals surface area (Å²) in [5.74, 6) is -0.466. The molecule has 1 fully saturated rings. The molecule has 2 amide bonds. The van der Waals surface area contributed by atoms with Crippen molar-refractivity contribution in [3.63, 3.8) is 0 Å². The largest absolute Gasteiger partial charge is 0.480 e. The fraction of sp³-hybridized carbons (Fsp3) is 0.833. The lowest BCUT2D eigenvalue weighted by Gasteiger charge is -2.36. The first-order valence-electron chi connectivity index (χ1n) is 6.04. The van der Waals surface area contributed by atoms with Gasteiger partial charge in [0.15, 0.2) is 0 Å². The van der Waals surface area contributed by atoms with E-state index < -0.39 is 11.5 Å². The average Bonchev–Trinajstić information content (AvgIpc) is 2.12. The van der Waals surface area contributed by atoms with Crippen LogP contribution in [0.15, 0.2) is 0 Å². The van der Waals surface area contributed by atoms with Crippen LogP contribution in [0.2, 0.25) is 0 Å². The van der Waals surface area contributed by atoms with Gasteiger partial charge in [0.1, 0.15) is 5.54 Å². The number of hydrogen-bond acceptors (Lipinski definition) is 2. The zero-order valence-corrected chi connectivity index (χ0v) is 11.0. The van der Waals surface area contributed by atoms with E-state index in [0.717, 1.165) is 12.8 Å². The van der Waals surface area contributed by atoms with Crippen molar-refractivity contribution in [1.82, 2.24) is 10.2 Å². The lowest BCUT2D eigenvalue weighted by molar-refractivity contribution is -0.146. The molecule has 5 heteroatoms. The lowest BCUT2D eigenvalue weighted by Crippen LogP contribution is -2.56. The van der Waals surface area contributed by atoms with Crippen molar-refractivity contribution >= 4 is 12.0 Å². The van der Waals surface area contributed by atoms with Gasteiger partial charge in [-0.25, -0.2) is 9.59 Å². The number of rotatable bonds is 4. The summed E-state index contributed by atoms with van der Waals surface area (Å²) in [5.41, 5.74) is -1.19. The van der Waals surface area contributed by atoms with Gasteiger partial charge in [-0.3, -0.25) is 0 Å². The quantitative estimate of drug-likeness (QED) is 0.788. The van der Waals surface area contributed by atoms with Crippen molar-refractivity contribution in [2.75, 3.05) is 7.05 Å². The topological polar surface area (TPSA) is 69.6 Å². The Bertz CT molecular complexity index is 311. The molecule has 98 valence electrons. The number of hydrogen-bond donors (Lipinski definition) is 2. The van der Waals surface area contributed by atoms with E-state index in [-0.39, 0.29) is 12.1 Å². The van der Waals surface area contributed by atoms with Crippen LogP contribution in [0.3, 0.4) is 0 Å². The van der Waals surface area contributed by atoms with Gasteiger partial charge in [-0.15, -0.1) is 0 Å². The second-order valence-corrected chi connectivity index (χ2v) is 5.35. The summed E-state index contributed by atoms with van der Waals surface area (Å²) in [7, 11) is 1.51. The van der Waals surface area contributed by atoms with E-state index in [9.17, 15) is 9.59 Å². The summed E-state index contributed by atoms with van der Waals surface area (Å²) < 4.78 is 0. The van der Waals surface area contributed by atoms with E-state index in [1.54, 1.807) is 0 Å². The van der Waals surface area contributed by atoms with E-state index in [2.05, 4.69) is 5.32 Å². The number of aliphatic carboxylic acids is 1. The van der Waals surface area contributed by atoms with Gasteiger partial charge in [0, 0.05) is 13.1 Å². The fourth-order valence-electron chi connectivity index (χ4n) is 1.75. The molecule has 0 aromatic carbocycles. The van der Waals surface area contributed by atoms with E-state index >= 15 is 0 Å². The van der Waals surface area contributed by atoms with Crippen molar-refractivity contribution in [3.8, 4) is 0 Å². The van der Waals surface area contributed by atoms with Crippen molar-refractivity contribution in [2.45, 2.75) is 51.6 Å². The maximum atomic E-state index is 11.9. The molecule has 1 aliphatic carbocycles. The number of carboxylic acid groups (broad SMARTS) is 1. The first-order valence-corrected chi connectivity index (χ1v) is 6.04. The molecule has 17 heavy (non-hydrogen) atoms. The highest BCUT2D eigenvalue weighted by Crippen LogP contribution is 2.29. The Balaban J connectivity index is 2.54. The molecule has 0 radical (unpaired) electrons. The molecule has 0 aromatic heterocycles. The van der Waals surface area contributed by atoms with E-state index in [1.165, 1.54) is 32.2 Å². The Morgan fingerprint density at radius 2 is 1.94 bits per heavy atom. The van der Waals surface area contributed by atoms with Gasteiger partial charge in [-0.05, 0) is 39.5 Å². The summed E-state index contributed by atoms with van der Waals surface area (Å²) >= 11 is 0. The number of urea groups is 1. The van der Waals surface area contributed by atoms with Crippen LogP contribution >= 0.6 is 0 Å². The molecule has 1 atom stereocenters. The third-order valence-corrected chi connectivity index (χ3v) is 3.87. The zero-order valence-electron chi connectivity index (χ0n) is 11.0. The number of likely N-dealkylation sites (N-methyl/N-ethyl adjacent to an activating group) is 1. The lowest BCUT2D eigenvalue weighted by atomic mass is 9.80. The van der Waals surface area contributed by atoms with Gasteiger partial charge in [0.05, 0.1) is 0 Å². The third-order valence-electron chi connectivity index (χ3n) is 3.87. The van der Waals surface area contributed by atoms with Gasteiger partial charge >= 0.3 is 12.0 Å². The first-order chi connectivity index (χ1) is 7.76. The number of carbonyl (C=O) groups excluding carboxylic acids is 1. The molecule has 2 N–H and O–H groups in total. The van der Waals surface area contributed by atoms with E-state index in [0.29, 0.717) is 5.92 Å². The highest BCUT2D eigenvalue weighted by atomic mass is 16.4. The van der Waals surface area contributed by atoms with Crippen LogP contribution in [0.25, 0.3) is 0 Å². The minimum Gasteiger partial charge on any atom is -0.480 e. The second kappa shape index (κ2) is 4.94. The molecular weight excluding hydrogens is 220 g/mol. The Morgan fingerprint density at radius 1 is 1.41 bits per heavy atom. The van der Waals surface area contributed by atoms with Gasteiger partial charge in [-0.2, -0.15) is 0 Å². The summed E-state index contributed by atoms with van der Waals surface area (Å²) in [6, 6.07) is -0.208. The number of nitrogens with zero attached hydrogens (tertiary/aromatic N) is 1. The molecule has 0 aliphatic heterocycles. The second-order valence-electron chi connectivity index (χ2n) is 5.35. The normalized spacial score (nSPS) is 18.1. The Morgan fingerprint density at radius 3 is 2.29 bits per heavy atom. The predicted molar refractivity (Wildman–Crippen MR) is 64.8 cm³/mol. The van der Waals surface area contributed by atoms with Crippen LogP contribution in [-0.2, 0) is 4.79 Å². The minimum atomic E-state index is -1.19. The molecule has 1 saturated carbocycles. The maximum absolute atomic E-state index is 11.9. The highest BCUT2D eigenvalue weighted by Gasteiger charge is 2.36. The van der Waals surface area contributed by atoms with E-state index in [1.807, 2.05) is 6.92 Å². The van der Waals surface area contributed by atoms with Gasteiger partial charge in [-0.1, -0.05) is 6.42 Å². The van der Waals surface area contributed by atoms with Crippen LogP contribution in [0.1, 0.15) is 40.0 Å². The van der Waals surface area contributed by atoms with Crippen LogP contribution < -0.4 is 5.32 Å². The number of nitrogens with one attached hydrogen (secondary N) is 1. The first kappa shape index (κ1) is 13.8. The van der Waals surface area contributed by atoms with Crippen LogP contribution in [0.5, 0.6) is 0 Å². The van der Waals surface area contributed by atoms with Gasteiger partial charge < -0.3 is 15.3 Å². The molecule has 0 bridgehead atoms. The van der Waals surface area contributed by atoms with Crippen LogP contribution in [-0.4, -0.2) is 40.6 Å². The summed E-state index contributed by atoms with van der Waals surface area (Å²) in [6.07, 6.45) is 3.52. The molecule has 0 saturated heterocycles. The zero-order chi connectivity index (χ0) is 13.2. The van der Waals surface area contributed by atoms with Crippen molar-refractivity contribution < 1.29 is 14.7 Å². The molecule has 0 heterocycles. The molecule has 1 rings (SSSR count). The van der Waals surface area contributed by atoms with Crippen molar-refractivity contribution in [1.29, 1.82) is 0 Å². The number of carbonyl (C=O) groups is 2. The smallest absolute Gasteiger partial charge is 0.329 e. The average molecular weight is 242 g/mol. The third kappa shape index (κ3) is 2.90. The molecule has 1 aliphatic rings. The molecular formula is C12H22N2O3. The Labute approximate surface area is 102 Å². The SMILES string of the molecule is CC(NC(=O)N(C)C(C)(C)C(=O)O)C1CCC1. The van der Waals surface area contributed by atoms with Crippen LogP contribution in [0.4, 0.5) is 4.79 Å². The van der Waals surface area contributed by atoms with Crippen molar-refractivity contribution in [3.05, 3.63) is 0 Å². The summed E-state index contributed by atoms with van der Waals surface area (Å²) in [4.78, 5) is 24.2. The minimum absolute atomic E-state index is 0.114. The monoisotopic (exact) mass is 242 g/mol. The summed E-state index contributed by atoms with van der Waals surface area (Å²) in [5, 5.41) is 11.9. The standard InChI is InChI=1S/C12H22N2O3/c1-8(9-6-5-7-9)13-11(17)14(4)12(2,3)10(15)16/h8-9H,5-7H2,1-4H3,(H,13,17)(H,15,16). The van der Waals surface area contributed by atoms with Crippen LogP contribution in [0, 0.1) is 5.92 Å². The van der Waals surface area contributed by atoms with E-state index in [4.69, 9.17) is 5.11 Å². The fourth-order valence-corrected chi connectivity index (χ4v) is 1.75. The number of carboxylic acids is 1. The van der Waals surface area contributed by atoms with Gasteiger partial charge in [0.25, 0.3) is 0 Å². The molecule has 0 aromatic rings. The number of amides is 2.